The van der Waals surface area contributed by atoms with Gasteiger partial charge >= 0.3 is 0 Å². The van der Waals surface area contributed by atoms with Crippen LogP contribution in [0.15, 0.2) is 41.6 Å². The zero-order valence-corrected chi connectivity index (χ0v) is 17.9. The maximum Gasteiger partial charge on any atom is 0.192 e. The van der Waals surface area contributed by atoms with Crippen molar-refractivity contribution < 1.29 is 9.53 Å². The van der Waals surface area contributed by atoms with Gasteiger partial charge in [0, 0.05) is 35.7 Å². The van der Waals surface area contributed by atoms with E-state index < -0.39 is 0 Å². The first-order valence-corrected chi connectivity index (χ1v) is 10.9. The summed E-state index contributed by atoms with van der Waals surface area (Å²) in [5, 5.41) is 9.48. The average Bonchev–Trinajstić information content (AvgIpc) is 3.40. The molecule has 1 saturated carbocycles. The third-order valence-electron chi connectivity index (χ3n) is 5.30. The first kappa shape index (κ1) is 19.9. The Bertz CT molecular complexity index is 1010. The fourth-order valence-electron chi connectivity index (χ4n) is 3.74. The van der Waals surface area contributed by atoms with E-state index in [1.165, 1.54) is 30.3 Å². The van der Waals surface area contributed by atoms with Gasteiger partial charge in [-0.2, -0.15) is 0 Å². The van der Waals surface area contributed by atoms with Crippen LogP contribution in [0.4, 0.5) is 0 Å². The summed E-state index contributed by atoms with van der Waals surface area (Å²) in [6, 6.07) is 12.6. The number of rotatable bonds is 9. The summed E-state index contributed by atoms with van der Waals surface area (Å²) < 4.78 is 9.60. The highest BCUT2D eigenvalue weighted by Crippen LogP contribution is 2.38. The molecule has 2 heterocycles. The smallest absolute Gasteiger partial charge is 0.192 e. The van der Waals surface area contributed by atoms with Crippen LogP contribution in [0.25, 0.3) is 11.4 Å². The van der Waals surface area contributed by atoms with E-state index in [2.05, 4.69) is 28.6 Å². The van der Waals surface area contributed by atoms with Gasteiger partial charge in [0.1, 0.15) is 0 Å². The van der Waals surface area contributed by atoms with Gasteiger partial charge in [-0.3, -0.25) is 9.36 Å². The van der Waals surface area contributed by atoms with Crippen molar-refractivity contribution in [1.29, 1.82) is 0 Å². The highest BCUT2D eigenvalue weighted by molar-refractivity contribution is 7.99. The second kappa shape index (κ2) is 8.55. The number of carbonyl (C=O) groups is 1. The maximum atomic E-state index is 12.9. The number of aryl methyl sites for hydroxylation is 1. The van der Waals surface area contributed by atoms with Gasteiger partial charge in [0.2, 0.25) is 0 Å². The summed E-state index contributed by atoms with van der Waals surface area (Å²) in [5.74, 6) is 1.27. The summed E-state index contributed by atoms with van der Waals surface area (Å²) in [6.45, 7) is 5.34. The van der Waals surface area contributed by atoms with Crippen molar-refractivity contribution in [3.05, 3.63) is 53.3 Å². The Morgan fingerprint density at radius 1 is 1.21 bits per heavy atom. The molecule has 6 nitrogen and oxygen atoms in total. The number of nitrogens with zero attached hydrogens (tertiary/aromatic N) is 4. The van der Waals surface area contributed by atoms with Gasteiger partial charge in [0.15, 0.2) is 16.8 Å². The number of hydrogen-bond donors (Lipinski definition) is 0. The van der Waals surface area contributed by atoms with E-state index >= 15 is 0 Å². The summed E-state index contributed by atoms with van der Waals surface area (Å²) in [5.41, 5.74) is 4.09. The van der Waals surface area contributed by atoms with Crippen molar-refractivity contribution in [3.8, 4) is 11.4 Å². The number of carbonyl (C=O) groups excluding carboxylic acids is 1. The maximum absolute atomic E-state index is 12.9. The van der Waals surface area contributed by atoms with Crippen molar-refractivity contribution in [2.24, 2.45) is 0 Å². The van der Waals surface area contributed by atoms with Crippen LogP contribution >= 0.6 is 11.8 Å². The summed E-state index contributed by atoms with van der Waals surface area (Å²) >= 11 is 1.44. The Hall–Kier alpha value is -2.38. The molecule has 1 aliphatic rings. The Kier molecular flexibility index (Phi) is 5.87. The molecule has 0 saturated heterocycles. The van der Waals surface area contributed by atoms with Crippen molar-refractivity contribution in [3.63, 3.8) is 0 Å². The monoisotopic (exact) mass is 410 g/mol. The molecule has 152 valence electrons. The summed E-state index contributed by atoms with van der Waals surface area (Å²) in [4.78, 5) is 12.9. The topological polar surface area (TPSA) is 61.9 Å². The molecule has 3 aromatic rings. The molecule has 2 aromatic heterocycles. The van der Waals surface area contributed by atoms with Crippen LogP contribution in [0, 0.1) is 13.8 Å². The lowest BCUT2D eigenvalue weighted by molar-refractivity contribution is 0.102. The fourth-order valence-corrected chi connectivity index (χ4v) is 4.59. The predicted molar refractivity (Wildman–Crippen MR) is 115 cm³/mol. The molecule has 1 fully saturated rings. The quantitative estimate of drug-likeness (QED) is 0.388. The van der Waals surface area contributed by atoms with Gasteiger partial charge in [0.25, 0.3) is 0 Å². The van der Waals surface area contributed by atoms with Gasteiger partial charge < -0.3 is 9.30 Å². The molecular weight excluding hydrogens is 384 g/mol. The second-order valence-corrected chi connectivity index (χ2v) is 8.36. The van der Waals surface area contributed by atoms with E-state index in [4.69, 9.17) is 4.74 Å². The highest BCUT2D eigenvalue weighted by Gasteiger charge is 2.28. The Balaban J connectivity index is 1.53. The van der Waals surface area contributed by atoms with Crippen LogP contribution in [0.2, 0.25) is 0 Å². The van der Waals surface area contributed by atoms with E-state index in [9.17, 15) is 4.79 Å². The number of hydrogen-bond acceptors (Lipinski definition) is 5. The summed E-state index contributed by atoms with van der Waals surface area (Å²) in [7, 11) is 1.68. The molecular formula is C22H26N4O2S. The number of Topliss-reactive ketones (excluding diaryl/α,β-unsaturated/α-hetero) is 1. The molecule has 1 aliphatic carbocycles. The van der Waals surface area contributed by atoms with Crippen LogP contribution in [0.5, 0.6) is 0 Å². The predicted octanol–water partition coefficient (Wildman–Crippen LogP) is 4.32. The molecule has 4 rings (SSSR count). The lowest BCUT2D eigenvalue weighted by Crippen LogP contribution is -2.10. The number of ketones is 1. The van der Waals surface area contributed by atoms with Crippen LogP contribution < -0.4 is 0 Å². The standard InChI is InChI=1S/C22H26N4O2S/c1-15-13-19(16(2)26(15)18-9-10-18)20(27)14-29-22-24-23-21(25(22)11-12-28-3)17-7-5-4-6-8-17/h4-8,13,18H,9-12,14H2,1-3H3. The highest BCUT2D eigenvalue weighted by atomic mass is 32.2. The molecule has 29 heavy (non-hydrogen) atoms. The minimum Gasteiger partial charge on any atom is -0.383 e. The van der Waals surface area contributed by atoms with Crippen molar-refractivity contribution in [2.45, 2.75) is 44.4 Å². The van der Waals surface area contributed by atoms with Crippen molar-refractivity contribution in [2.75, 3.05) is 19.5 Å². The number of benzene rings is 1. The molecule has 0 bridgehead atoms. The molecule has 0 spiro atoms. The van der Waals surface area contributed by atoms with Crippen LogP contribution in [0.1, 0.15) is 40.6 Å². The zero-order valence-electron chi connectivity index (χ0n) is 17.1. The van der Waals surface area contributed by atoms with Crippen molar-refractivity contribution >= 4 is 17.5 Å². The van der Waals surface area contributed by atoms with Gasteiger partial charge in [-0.1, -0.05) is 42.1 Å². The largest absolute Gasteiger partial charge is 0.383 e. The van der Waals surface area contributed by atoms with Crippen LogP contribution in [-0.2, 0) is 11.3 Å². The van der Waals surface area contributed by atoms with Gasteiger partial charge in [-0.15, -0.1) is 10.2 Å². The van der Waals surface area contributed by atoms with E-state index in [-0.39, 0.29) is 5.78 Å². The third kappa shape index (κ3) is 4.16. The summed E-state index contributed by atoms with van der Waals surface area (Å²) in [6.07, 6.45) is 2.42. The second-order valence-electron chi connectivity index (χ2n) is 7.41. The van der Waals surface area contributed by atoms with E-state index in [0.717, 1.165) is 27.8 Å². The fraction of sp³-hybridized carbons (Fsp3) is 0.409. The molecule has 0 N–H and O–H groups in total. The minimum atomic E-state index is 0.137. The van der Waals surface area contributed by atoms with Crippen molar-refractivity contribution in [1.82, 2.24) is 19.3 Å². The minimum absolute atomic E-state index is 0.137. The average molecular weight is 411 g/mol. The number of aromatic nitrogens is 4. The lowest BCUT2D eigenvalue weighted by atomic mass is 10.2. The number of thioether (sulfide) groups is 1. The Labute approximate surface area is 175 Å². The molecule has 0 unspecified atom stereocenters. The van der Waals surface area contributed by atoms with Crippen LogP contribution in [-0.4, -0.2) is 44.6 Å². The third-order valence-corrected chi connectivity index (χ3v) is 6.26. The zero-order chi connectivity index (χ0) is 20.4. The Morgan fingerprint density at radius 3 is 2.66 bits per heavy atom. The van der Waals surface area contributed by atoms with E-state index in [1.807, 2.05) is 41.0 Å². The Morgan fingerprint density at radius 2 is 1.97 bits per heavy atom. The first-order chi connectivity index (χ1) is 14.1. The molecule has 0 radical (unpaired) electrons. The lowest BCUT2D eigenvalue weighted by Gasteiger charge is -2.10. The van der Waals surface area contributed by atoms with Crippen LogP contribution in [0.3, 0.4) is 0 Å². The van der Waals surface area contributed by atoms with Gasteiger partial charge in [-0.25, -0.2) is 0 Å². The molecule has 0 aliphatic heterocycles. The van der Waals surface area contributed by atoms with E-state index in [0.29, 0.717) is 24.9 Å². The molecule has 0 amide bonds. The molecule has 1 aromatic carbocycles. The molecule has 7 heteroatoms. The number of ether oxygens (including phenoxy) is 1. The normalized spacial score (nSPS) is 13.8. The SMILES string of the molecule is COCCn1c(SCC(=O)c2cc(C)n(C3CC3)c2C)nnc1-c1ccccc1. The molecule has 0 atom stereocenters. The number of methoxy groups -OCH3 is 1. The first-order valence-electron chi connectivity index (χ1n) is 9.92. The van der Waals surface area contributed by atoms with E-state index in [1.54, 1.807) is 7.11 Å². The van der Waals surface area contributed by atoms with Gasteiger partial charge in [-0.05, 0) is 32.8 Å². The van der Waals surface area contributed by atoms with Gasteiger partial charge in [0.05, 0.1) is 18.9 Å².